The highest BCUT2D eigenvalue weighted by atomic mass is 16.6. The number of benzene rings is 1. The Morgan fingerprint density at radius 2 is 1.89 bits per heavy atom. The average molecular weight is 392 g/mol. The van der Waals surface area contributed by atoms with Crippen LogP contribution in [0.1, 0.15) is 46.1 Å². The van der Waals surface area contributed by atoms with E-state index in [9.17, 15) is 14.7 Å². The Morgan fingerprint density at radius 1 is 1.21 bits per heavy atom. The topological polar surface area (TPSA) is 88.1 Å². The highest BCUT2D eigenvalue weighted by molar-refractivity contribution is 5.68. The normalized spacial score (nSPS) is 19.5. The van der Waals surface area contributed by atoms with E-state index >= 15 is 0 Å². The molecule has 2 atom stereocenters. The maximum atomic E-state index is 12.3. The first kappa shape index (κ1) is 22.0. The maximum Gasteiger partial charge on any atom is 0.410 e. The molecule has 1 heterocycles. The second-order valence-electron chi connectivity index (χ2n) is 8.54. The number of rotatable bonds is 5. The summed E-state index contributed by atoms with van der Waals surface area (Å²) in [5, 5.41) is 13.5. The van der Waals surface area contributed by atoms with Gasteiger partial charge in [0.1, 0.15) is 12.2 Å². The Bertz CT molecular complexity index is 655. The van der Waals surface area contributed by atoms with Crippen molar-refractivity contribution in [3.05, 3.63) is 35.9 Å². The van der Waals surface area contributed by atoms with Crippen molar-refractivity contribution in [1.29, 1.82) is 0 Å². The van der Waals surface area contributed by atoms with Gasteiger partial charge in [0.15, 0.2) is 0 Å². The molecule has 0 aliphatic carbocycles. The van der Waals surface area contributed by atoms with E-state index in [1.54, 1.807) is 11.8 Å². The van der Waals surface area contributed by atoms with Crippen molar-refractivity contribution < 1.29 is 24.2 Å². The third kappa shape index (κ3) is 7.03. The zero-order chi connectivity index (χ0) is 20.8. The van der Waals surface area contributed by atoms with Gasteiger partial charge in [-0.25, -0.2) is 9.59 Å². The van der Waals surface area contributed by atoms with E-state index in [4.69, 9.17) is 9.47 Å². The number of nitrogens with zero attached hydrogens (tertiary/aromatic N) is 1. The fourth-order valence-electron chi connectivity index (χ4n) is 3.15. The number of ether oxygens (including phenoxy) is 2. The van der Waals surface area contributed by atoms with E-state index < -0.39 is 17.3 Å². The number of hydrogen-bond donors (Lipinski definition) is 2. The van der Waals surface area contributed by atoms with Crippen LogP contribution in [0.5, 0.6) is 0 Å². The number of piperidine rings is 1. The summed E-state index contributed by atoms with van der Waals surface area (Å²) in [7, 11) is 0. The quantitative estimate of drug-likeness (QED) is 0.803. The molecule has 0 saturated carbocycles. The zero-order valence-corrected chi connectivity index (χ0v) is 17.2. The van der Waals surface area contributed by atoms with Gasteiger partial charge in [0.2, 0.25) is 0 Å². The van der Waals surface area contributed by atoms with Crippen LogP contribution >= 0.6 is 0 Å². The summed E-state index contributed by atoms with van der Waals surface area (Å²) in [5.41, 5.74) is -0.826. The Labute approximate surface area is 167 Å². The minimum absolute atomic E-state index is 0.0491. The second kappa shape index (κ2) is 9.28. The molecule has 0 radical (unpaired) electrons. The second-order valence-corrected chi connectivity index (χ2v) is 8.54. The molecule has 1 aliphatic heterocycles. The molecule has 156 valence electrons. The van der Waals surface area contributed by atoms with E-state index in [0.29, 0.717) is 13.1 Å². The molecule has 1 aliphatic rings. The van der Waals surface area contributed by atoms with E-state index in [0.717, 1.165) is 18.4 Å². The van der Waals surface area contributed by atoms with Crippen LogP contribution < -0.4 is 5.32 Å². The van der Waals surface area contributed by atoms with Gasteiger partial charge in [0.05, 0.1) is 5.60 Å². The molecule has 2 unspecified atom stereocenters. The van der Waals surface area contributed by atoms with Gasteiger partial charge < -0.3 is 24.8 Å². The molecule has 2 amide bonds. The molecular weight excluding hydrogens is 360 g/mol. The lowest BCUT2D eigenvalue weighted by atomic mass is 9.83. The number of alkyl carbamates (subject to hydrolysis) is 1. The summed E-state index contributed by atoms with van der Waals surface area (Å²) in [6, 6.07) is 9.39. The van der Waals surface area contributed by atoms with E-state index in [1.165, 1.54) is 0 Å². The zero-order valence-electron chi connectivity index (χ0n) is 17.2. The standard InChI is InChI=1S/C21H32N2O5/c1-20(2,3)28-19(25)23-12-8-11-17(13-23)21(4,26)15-22-18(24)27-14-16-9-6-5-7-10-16/h5-7,9-10,17,26H,8,11-15H2,1-4H3,(H,22,24). The molecule has 2 rings (SSSR count). The number of nitrogens with one attached hydrogen (secondary N) is 1. The molecule has 1 saturated heterocycles. The molecule has 1 fully saturated rings. The third-order valence-electron chi connectivity index (χ3n) is 4.76. The van der Waals surface area contributed by atoms with Gasteiger partial charge in [-0.2, -0.15) is 0 Å². The Hall–Kier alpha value is -2.28. The highest BCUT2D eigenvalue weighted by Gasteiger charge is 2.38. The molecule has 2 N–H and O–H groups in total. The van der Waals surface area contributed by atoms with Crippen molar-refractivity contribution in [3.63, 3.8) is 0 Å². The summed E-state index contributed by atoms with van der Waals surface area (Å²) in [4.78, 5) is 25.9. The van der Waals surface area contributed by atoms with Crippen LogP contribution in [0.3, 0.4) is 0 Å². The molecule has 1 aromatic carbocycles. The maximum absolute atomic E-state index is 12.3. The Kier molecular flexibility index (Phi) is 7.29. The lowest BCUT2D eigenvalue weighted by Gasteiger charge is -2.40. The van der Waals surface area contributed by atoms with Crippen LogP contribution in [0, 0.1) is 5.92 Å². The molecule has 1 aromatic rings. The fourth-order valence-corrected chi connectivity index (χ4v) is 3.15. The summed E-state index contributed by atoms with van der Waals surface area (Å²) in [5.74, 6) is -0.164. The molecule has 0 bridgehead atoms. The van der Waals surface area contributed by atoms with Crippen molar-refractivity contribution in [2.24, 2.45) is 5.92 Å². The minimum Gasteiger partial charge on any atom is -0.445 e. The predicted octanol–water partition coefficient (Wildman–Crippen LogP) is 3.31. The van der Waals surface area contributed by atoms with E-state index in [1.807, 2.05) is 51.1 Å². The molecule has 28 heavy (non-hydrogen) atoms. The van der Waals surface area contributed by atoms with Crippen LogP contribution in [-0.2, 0) is 16.1 Å². The number of aliphatic hydroxyl groups is 1. The van der Waals surface area contributed by atoms with Crippen LogP contribution in [0.15, 0.2) is 30.3 Å². The highest BCUT2D eigenvalue weighted by Crippen LogP contribution is 2.28. The number of carbonyl (C=O) groups is 2. The first-order valence-corrected chi connectivity index (χ1v) is 9.72. The molecule has 0 spiro atoms. The third-order valence-corrected chi connectivity index (χ3v) is 4.76. The monoisotopic (exact) mass is 392 g/mol. The number of amides is 2. The largest absolute Gasteiger partial charge is 0.445 e. The fraction of sp³-hybridized carbons (Fsp3) is 0.619. The van der Waals surface area contributed by atoms with Gasteiger partial charge in [-0.3, -0.25) is 0 Å². The van der Waals surface area contributed by atoms with Gasteiger partial charge in [0, 0.05) is 25.6 Å². The van der Waals surface area contributed by atoms with Gasteiger partial charge in [-0.1, -0.05) is 30.3 Å². The van der Waals surface area contributed by atoms with Gasteiger partial charge in [0.25, 0.3) is 0 Å². The first-order valence-electron chi connectivity index (χ1n) is 9.72. The van der Waals surface area contributed by atoms with Crippen molar-refractivity contribution in [2.75, 3.05) is 19.6 Å². The van der Waals surface area contributed by atoms with Crippen molar-refractivity contribution in [2.45, 2.75) is 58.3 Å². The summed E-state index contributed by atoms with van der Waals surface area (Å²) < 4.78 is 10.6. The molecule has 7 nitrogen and oxygen atoms in total. The molecule has 7 heteroatoms. The van der Waals surface area contributed by atoms with E-state index in [-0.39, 0.29) is 25.2 Å². The van der Waals surface area contributed by atoms with Crippen molar-refractivity contribution in [1.82, 2.24) is 10.2 Å². The van der Waals surface area contributed by atoms with Crippen LogP contribution in [0.2, 0.25) is 0 Å². The van der Waals surface area contributed by atoms with Gasteiger partial charge >= 0.3 is 12.2 Å². The van der Waals surface area contributed by atoms with Gasteiger partial charge in [-0.15, -0.1) is 0 Å². The number of likely N-dealkylation sites (tertiary alicyclic amines) is 1. The molecular formula is C21H32N2O5. The van der Waals surface area contributed by atoms with Crippen LogP contribution in [0.4, 0.5) is 9.59 Å². The number of carbonyl (C=O) groups excluding carboxylic acids is 2. The summed E-state index contributed by atoms with van der Waals surface area (Å²) in [6.07, 6.45) is 0.595. The Morgan fingerprint density at radius 3 is 2.54 bits per heavy atom. The predicted molar refractivity (Wildman–Crippen MR) is 106 cm³/mol. The van der Waals surface area contributed by atoms with E-state index in [2.05, 4.69) is 5.32 Å². The lowest BCUT2D eigenvalue weighted by Crippen LogP contribution is -2.53. The van der Waals surface area contributed by atoms with Crippen LogP contribution in [0.25, 0.3) is 0 Å². The Balaban J connectivity index is 1.82. The van der Waals surface area contributed by atoms with Gasteiger partial charge in [-0.05, 0) is 46.1 Å². The number of hydrogen-bond acceptors (Lipinski definition) is 5. The average Bonchev–Trinajstić information content (AvgIpc) is 2.64. The summed E-state index contributed by atoms with van der Waals surface area (Å²) >= 11 is 0. The molecule has 0 aromatic heterocycles. The first-order chi connectivity index (χ1) is 13.1. The van der Waals surface area contributed by atoms with Crippen LogP contribution in [-0.4, -0.2) is 53.0 Å². The van der Waals surface area contributed by atoms with Crippen molar-refractivity contribution >= 4 is 12.2 Å². The summed E-state index contributed by atoms with van der Waals surface area (Å²) in [6.45, 7) is 8.37. The lowest BCUT2D eigenvalue weighted by molar-refractivity contribution is -0.0385. The van der Waals surface area contributed by atoms with Crippen molar-refractivity contribution in [3.8, 4) is 0 Å². The minimum atomic E-state index is -1.16. The smallest absolute Gasteiger partial charge is 0.410 e. The SMILES string of the molecule is CC(C)(C)OC(=O)N1CCCC(C(C)(O)CNC(=O)OCc2ccccc2)C1.